The number of fused-ring (bicyclic) bond motifs is 1. The van der Waals surface area contributed by atoms with Crippen LogP contribution in [0, 0.1) is 6.92 Å². The summed E-state index contributed by atoms with van der Waals surface area (Å²) in [6, 6.07) is 13.3. The first-order valence-electron chi connectivity index (χ1n) is 8.32. The van der Waals surface area contributed by atoms with Gasteiger partial charge in [0.25, 0.3) is 5.56 Å². The van der Waals surface area contributed by atoms with Gasteiger partial charge in [-0.15, -0.1) is 0 Å². The smallest absolute Gasteiger partial charge is 0.326 e. The second kappa shape index (κ2) is 7.26. The Morgan fingerprint density at radius 3 is 2.56 bits per heavy atom. The predicted octanol–water partition coefficient (Wildman–Crippen LogP) is 4.36. The third kappa shape index (κ3) is 4.19. The minimum Gasteiger partial charge on any atom is -0.326 e. The van der Waals surface area contributed by atoms with E-state index in [9.17, 15) is 22.8 Å². The fourth-order valence-corrected chi connectivity index (χ4v) is 2.94. The third-order valence-electron chi connectivity index (χ3n) is 4.26. The highest BCUT2D eigenvalue weighted by Gasteiger charge is 2.30. The zero-order valence-electron chi connectivity index (χ0n) is 14.5. The van der Waals surface area contributed by atoms with E-state index in [0.717, 1.165) is 28.6 Å². The molecule has 0 aliphatic rings. The van der Waals surface area contributed by atoms with Crippen molar-refractivity contribution in [1.29, 1.82) is 0 Å². The Hall–Kier alpha value is -3.09. The van der Waals surface area contributed by atoms with Gasteiger partial charge in [0.2, 0.25) is 5.91 Å². The molecule has 0 fully saturated rings. The van der Waals surface area contributed by atoms with E-state index in [-0.39, 0.29) is 24.2 Å². The fourth-order valence-electron chi connectivity index (χ4n) is 2.94. The lowest BCUT2D eigenvalue weighted by molar-refractivity contribution is -0.137. The van der Waals surface area contributed by atoms with E-state index in [4.69, 9.17) is 0 Å². The molecule has 4 nitrogen and oxygen atoms in total. The lowest BCUT2D eigenvalue weighted by Crippen LogP contribution is -2.23. The van der Waals surface area contributed by atoms with E-state index in [2.05, 4.69) is 5.32 Å². The monoisotopic (exact) mass is 374 g/mol. The van der Waals surface area contributed by atoms with Gasteiger partial charge in [-0.3, -0.25) is 9.59 Å². The molecule has 0 aliphatic carbocycles. The van der Waals surface area contributed by atoms with Gasteiger partial charge in [0.1, 0.15) is 0 Å². The first-order valence-corrected chi connectivity index (χ1v) is 8.32. The van der Waals surface area contributed by atoms with Crippen LogP contribution in [0.4, 0.5) is 18.9 Å². The number of aryl methyl sites for hydroxylation is 2. The minimum atomic E-state index is -4.48. The molecule has 0 unspecified atom stereocenters. The van der Waals surface area contributed by atoms with Gasteiger partial charge >= 0.3 is 6.18 Å². The molecule has 0 saturated heterocycles. The van der Waals surface area contributed by atoms with Gasteiger partial charge in [0.05, 0.1) is 11.1 Å². The highest BCUT2D eigenvalue weighted by atomic mass is 19.4. The SMILES string of the molecule is Cc1cc(=O)n(CCC(=O)Nc2cccc(C(F)(F)F)c2)c2ccccc12. The molecule has 1 aromatic heterocycles. The van der Waals surface area contributed by atoms with Gasteiger partial charge in [-0.1, -0.05) is 24.3 Å². The summed E-state index contributed by atoms with van der Waals surface area (Å²) in [5.74, 6) is -0.467. The molecule has 0 bridgehead atoms. The molecule has 3 rings (SSSR count). The van der Waals surface area contributed by atoms with Gasteiger partial charge in [-0.25, -0.2) is 0 Å². The van der Waals surface area contributed by atoms with Crippen molar-refractivity contribution in [3.63, 3.8) is 0 Å². The number of anilines is 1. The zero-order valence-corrected chi connectivity index (χ0v) is 14.5. The van der Waals surface area contributed by atoms with Crippen molar-refractivity contribution in [2.24, 2.45) is 0 Å². The molecular weight excluding hydrogens is 357 g/mol. The second-order valence-electron chi connectivity index (χ2n) is 6.21. The Kier molecular flexibility index (Phi) is 5.03. The van der Waals surface area contributed by atoms with E-state index in [1.54, 1.807) is 12.1 Å². The maximum atomic E-state index is 12.7. The van der Waals surface area contributed by atoms with Crippen molar-refractivity contribution >= 4 is 22.5 Å². The molecule has 0 aliphatic heterocycles. The number of aromatic nitrogens is 1. The van der Waals surface area contributed by atoms with E-state index in [1.165, 1.54) is 22.8 Å². The van der Waals surface area contributed by atoms with Crippen molar-refractivity contribution in [2.75, 3.05) is 5.32 Å². The van der Waals surface area contributed by atoms with E-state index in [1.807, 2.05) is 19.1 Å². The first kappa shape index (κ1) is 18.7. The Morgan fingerprint density at radius 2 is 1.81 bits per heavy atom. The highest BCUT2D eigenvalue weighted by Crippen LogP contribution is 2.30. The molecule has 1 heterocycles. The molecule has 27 heavy (non-hydrogen) atoms. The van der Waals surface area contributed by atoms with Crippen molar-refractivity contribution < 1.29 is 18.0 Å². The van der Waals surface area contributed by atoms with Crippen molar-refractivity contribution in [2.45, 2.75) is 26.1 Å². The number of amides is 1. The standard InChI is InChI=1S/C20H17F3N2O2/c1-13-11-19(27)25(17-8-3-2-7-16(13)17)10-9-18(26)24-15-6-4-5-14(12-15)20(21,22)23/h2-8,11-12H,9-10H2,1H3,(H,24,26). The quantitative estimate of drug-likeness (QED) is 0.738. The highest BCUT2D eigenvalue weighted by molar-refractivity contribution is 5.91. The fraction of sp³-hybridized carbons (Fsp3) is 0.200. The van der Waals surface area contributed by atoms with Crippen LogP contribution in [-0.4, -0.2) is 10.5 Å². The van der Waals surface area contributed by atoms with Crippen LogP contribution in [0.25, 0.3) is 10.9 Å². The number of halogens is 3. The van der Waals surface area contributed by atoms with Gasteiger partial charge in [0.15, 0.2) is 0 Å². The number of hydrogen-bond acceptors (Lipinski definition) is 2. The largest absolute Gasteiger partial charge is 0.416 e. The number of carbonyl (C=O) groups excluding carboxylic acids is 1. The molecule has 140 valence electrons. The Bertz CT molecular complexity index is 1060. The van der Waals surface area contributed by atoms with Gasteiger partial charge < -0.3 is 9.88 Å². The predicted molar refractivity (Wildman–Crippen MR) is 97.6 cm³/mol. The molecular formula is C20H17F3N2O2. The van der Waals surface area contributed by atoms with Gasteiger partial charge in [-0.05, 0) is 36.8 Å². The zero-order chi connectivity index (χ0) is 19.6. The normalized spacial score (nSPS) is 11.6. The summed E-state index contributed by atoms with van der Waals surface area (Å²) < 4.78 is 39.7. The molecule has 0 radical (unpaired) electrons. The molecule has 1 N–H and O–H groups in total. The van der Waals surface area contributed by atoms with Crippen LogP contribution in [0.5, 0.6) is 0 Å². The van der Waals surface area contributed by atoms with Crippen LogP contribution in [0.2, 0.25) is 0 Å². The van der Waals surface area contributed by atoms with Crippen LogP contribution in [-0.2, 0) is 17.5 Å². The summed E-state index contributed by atoms with van der Waals surface area (Å²) in [5, 5.41) is 3.36. The maximum Gasteiger partial charge on any atom is 0.416 e. The summed E-state index contributed by atoms with van der Waals surface area (Å²) in [6.07, 6.45) is -4.52. The number of para-hydroxylation sites is 1. The number of rotatable bonds is 4. The summed E-state index contributed by atoms with van der Waals surface area (Å²) >= 11 is 0. The van der Waals surface area contributed by atoms with Crippen molar-refractivity contribution in [3.05, 3.63) is 76.1 Å². The summed E-state index contributed by atoms with van der Waals surface area (Å²) in [6.45, 7) is 1.97. The molecule has 7 heteroatoms. The number of benzene rings is 2. The average molecular weight is 374 g/mol. The maximum absolute atomic E-state index is 12.7. The lowest BCUT2D eigenvalue weighted by Gasteiger charge is -2.13. The number of alkyl halides is 3. The van der Waals surface area contributed by atoms with Crippen molar-refractivity contribution in [3.8, 4) is 0 Å². The summed E-state index contributed by atoms with van der Waals surface area (Å²) in [7, 11) is 0. The molecule has 0 saturated carbocycles. The molecule has 2 aromatic carbocycles. The molecule has 0 atom stereocenters. The van der Waals surface area contributed by atoms with E-state index in [0.29, 0.717) is 0 Å². The topological polar surface area (TPSA) is 51.1 Å². The van der Waals surface area contributed by atoms with Crippen LogP contribution in [0.3, 0.4) is 0 Å². The Morgan fingerprint density at radius 1 is 1.07 bits per heavy atom. The van der Waals surface area contributed by atoms with Gasteiger partial charge in [-0.2, -0.15) is 13.2 Å². The number of pyridine rings is 1. The third-order valence-corrected chi connectivity index (χ3v) is 4.26. The van der Waals surface area contributed by atoms with Crippen molar-refractivity contribution in [1.82, 2.24) is 4.57 Å². The Balaban J connectivity index is 1.76. The number of carbonyl (C=O) groups is 1. The average Bonchev–Trinajstić information content (AvgIpc) is 2.61. The number of nitrogens with zero attached hydrogens (tertiary/aromatic N) is 1. The van der Waals surface area contributed by atoms with Crippen LogP contribution in [0.1, 0.15) is 17.5 Å². The summed E-state index contributed by atoms with van der Waals surface area (Å²) in [5.41, 5.74) is 0.574. The van der Waals surface area contributed by atoms with Crippen LogP contribution < -0.4 is 10.9 Å². The van der Waals surface area contributed by atoms with Crippen LogP contribution >= 0.6 is 0 Å². The Labute approximate surface area is 153 Å². The van der Waals surface area contributed by atoms with E-state index < -0.39 is 17.6 Å². The van der Waals surface area contributed by atoms with Gasteiger partial charge in [0, 0.05) is 30.1 Å². The lowest BCUT2D eigenvalue weighted by atomic mass is 10.1. The number of hydrogen-bond donors (Lipinski definition) is 1. The minimum absolute atomic E-state index is 0.0385. The molecule has 0 spiro atoms. The number of nitrogens with one attached hydrogen (secondary N) is 1. The van der Waals surface area contributed by atoms with Crippen LogP contribution in [0.15, 0.2) is 59.4 Å². The molecule has 3 aromatic rings. The second-order valence-corrected chi connectivity index (χ2v) is 6.21. The summed E-state index contributed by atoms with van der Waals surface area (Å²) in [4.78, 5) is 24.4. The van der Waals surface area contributed by atoms with E-state index >= 15 is 0 Å². The molecule has 1 amide bonds. The first-order chi connectivity index (χ1) is 12.8.